The molecule has 0 saturated carbocycles. The summed E-state index contributed by atoms with van der Waals surface area (Å²) in [7, 11) is 0. The molecular formula is C4H11FeNO2SSe2. The van der Waals surface area contributed by atoms with Crippen LogP contribution in [0.3, 0.4) is 0 Å². The summed E-state index contributed by atoms with van der Waals surface area (Å²) in [6.45, 7) is 0. The van der Waals surface area contributed by atoms with Crippen LogP contribution in [-0.2, 0) is 21.9 Å². The third-order valence-electron chi connectivity index (χ3n) is 0.741. The quantitative estimate of drug-likeness (QED) is 0.437. The molecule has 0 aromatic heterocycles. The molecule has 0 rings (SSSR count). The molecule has 1 atom stereocenters. The number of hydrogen-bond donors (Lipinski definition) is 3. The molecule has 0 aliphatic carbocycles. The van der Waals surface area contributed by atoms with E-state index >= 15 is 0 Å². The molecule has 0 radical (unpaired) electrons. The molecule has 0 bridgehead atoms. The van der Waals surface area contributed by atoms with E-state index in [0.717, 1.165) is 0 Å². The zero-order chi connectivity index (χ0) is 7.28. The Labute approximate surface area is 99.2 Å². The van der Waals surface area contributed by atoms with Crippen LogP contribution in [0.15, 0.2) is 0 Å². The van der Waals surface area contributed by atoms with Crippen molar-refractivity contribution in [2.45, 2.75) is 11.9 Å². The fourth-order valence-corrected chi connectivity index (χ4v) is 1.82. The van der Waals surface area contributed by atoms with Gasteiger partial charge in [0.25, 0.3) is 0 Å². The number of hydrogen-bond acceptors (Lipinski definition) is 3. The molecule has 1 unspecified atom stereocenters. The first-order valence-electron chi connectivity index (χ1n) is 2.34. The van der Waals surface area contributed by atoms with Gasteiger partial charge in [0.1, 0.15) is 0 Å². The van der Waals surface area contributed by atoms with Gasteiger partial charge in [-0.25, -0.2) is 0 Å². The zero-order valence-electron chi connectivity index (χ0n) is 5.85. The monoisotopic (exact) mass is 353 g/mol. The first kappa shape index (κ1) is 18.2. The Kier molecular flexibility index (Phi) is 18.7. The number of carboxylic acids is 1. The van der Waals surface area contributed by atoms with E-state index in [9.17, 15) is 4.79 Å². The topological polar surface area (TPSA) is 49.3 Å². The fourth-order valence-electron chi connectivity index (χ4n) is 0.308. The van der Waals surface area contributed by atoms with Gasteiger partial charge in [0.15, 0.2) is 0 Å². The summed E-state index contributed by atoms with van der Waals surface area (Å²) in [5.41, 5.74) is 0. The van der Waals surface area contributed by atoms with E-state index in [1.165, 1.54) is 0 Å². The van der Waals surface area contributed by atoms with Gasteiger partial charge in [0, 0.05) is 17.1 Å². The Morgan fingerprint density at radius 1 is 1.82 bits per heavy atom. The van der Waals surface area contributed by atoms with Crippen molar-refractivity contribution in [1.29, 1.82) is 0 Å². The van der Waals surface area contributed by atoms with Crippen molar-refractivity contribution in [2.75, 3.05) is 5.75 Å². The average Bonchev–Trinajstić information content (AvgIpc) is 1.82. The maximum atomic E-state index is 10.2. The van der Waals surface area contributed by atoms with Gasteiger partial charge >= 0.3 is 82.7 Å². The second-order valence-corrected chi connectivity index (χ2v) is 3.11. The van der Waals surface area contributed by atoms with E-state index in [-0.39, 0.29) is 49.3 Å². The van der Waals surface area contributed by atoms with E-state index in [1.54, 1.807) is 0 Å². The van der Waals surface area contributed by atoms with Gasteiger partial charge in [0.05, 0.1) is 0 Å². The third-order valence-corrected chi connectivity index (χ3v) is 2.20. The summed E-state index contributed by atoms with van der Waals surface area (Å²) >= 11 is 4.06. The van der Waals surface area contributed by atoms with Crippen LogP contribution in [0.1, 0.15) is 0 Å². The number of carbonyl (C=O) groups is 1. The number of aliphatic carboxylic acids is 1. The van der Waals surface area contributed by atoms with E-state index in [4.69, 9.17) is 5.11 Å². The van der Waals surface area contributed by atoms with Crippen molar-refractivity contribution in [3.8, 4) is 0 Å². The summed E-state index contributed by atoms with van der Waals surface area (Å²) in [5.74, 6) is 1.45. The number of rotatable bonds is 4. The molecule has 0 aromatic rings. The normalized spacial score (nSPS) is 10.7. The molecule has 0 heterocycles. The Morgan fingerprint density at radius 3 is 2.36 bits per heavy atom. The molecule has 0 aliphatic heterocycles. The molecule has 7 heteroatoms. The minimum atomic E-state index is -0.825. The van der Waals surface area contributed by atoms with Crippen molar-refractivity contribution in [3.63, 3.8) is 0 Å². The van der Waals surface area contributed by atoms with Gasteiger partial charge in [-0.15, -0.1) is 0 Å². The van der Waals surface area contributed by atoms with Crippen LogP contribution in [0.5, 0.6) is 0 Å². The molecule has 0 aliphatic rings. The predicted octanol–water partition coefficient (Wildman–Crippen LogP) is -1.29. The van der Waals surface area contributed by atoms with Gasteiger partial charge in [-0.05, 0) is 0 Å². The second kappa shape index (κ2) is 11.3. The Morgan fingerprint density at radius 2 is 2.27 bits per heavy atom. The number of nitrogens with one attached hydrogen (secondary N) is 1. The number of thiol groups is 1. The van der Waals surface area contributed by atoms with E-state index in [1.807, 2.05) is 5.82 Å². The van der Waals surface area contributed by atoms with Crippen LogP contribution in [0.25, 0.3) is 0 Å². The minimum absolute atomic E-state index is 0. The van der Waals surface area contributed by atoms with Gasteiger partial charge in [-0.3, -0.25) is 0 Å². The van der Waals surface area contributed by atoms with Crippen molar-refractivity contribution in [3.05, 3.63) is 0 Å². The van der Waals surface area contributed by atoms with Gasteiger partial charge in [0.2, 0.25) is 0 Å². The van der Waals surface area contributed by atoms with Crippen LogP contribution in [0.2, 0.25) is 5.82 Å². The summed E-state index contributed by atoms with van der Waals surface area (Å²) in [4.78, 5) is 10.2. The predicted molar refractivity (Wildman–Crippen MR) is 48.6 cm³/mol. The molecule has 3 nitrogen and oxygen atoms in total. The molecule has 0 amide bonds. The van der Waals surface area contributed by atoms with Gasteiger partial charge in [-0.2, -0.15) is 0 Å². The molecule has 0 spiro atoms. The first-order chi connectivity index (χ1) is 4.22. The Hall–Kier alpha value is 1.34. The van der Waals surface area contributed by atoms with E-state index < -0.39 is 12.0 Å². The molecule has 0 saturated heterocycles. The van der Waals surface area contributed by atoms with Gasteiger partial charge in [-0.1, -0.05) is 0 Å². The first-order valence-corrected chi connectivity index (χ1v) is 5.54. The van der Waals surface area contributed by atoms with Crippen LogP contribution in [0, 0.1) is 0 Å². The van der Waals surface area contributed by atoms with Crippen LogP contribution in [0.4, 0.5) is 0 Å². The molecule has 0 fully saturated rings. The summed E-state index contributed by atoms with van der Waals surface area (Å²) in [6.07, 6.45) is 0. The van der Waals surface area contributed by atoms with Crippen molar-refractivity contribution in [2.24, 2.45) is 0 Å². The van der Waals surface area contributed by atoms with Crippen LogP contribution >= 0.6 is 12.6 Å². The average molecular weight is 351 g/mol. The zero-order valence-corrected chi connectivity index (χ0v) is 11.7. The standard InChI is InChI=1S/C4H9NO2SSe.Fe.H2Se/c1-9-5-3(2-8)4(6)7;;/h3,5,8H,2H2,1H3,(H,6,7);;1H2. The fraction of sp³-hybridized carbons (Fsp3) is 0.750. The van der Waals surface area contributed by atoms with E-state index in [2.05, 4.69) is 17.0 Å². The maximum absolute atomic E-state index is 10.2. The summed E-state index contributed by atoms with van der Waals surface area (Å²) in [5, 5.41) is 8.40. The second-order valence-electron chi connectivity index (χ2n) is 1.40. The van der Waals surface area contributed by atoms with Crippen molar-refractivity contribution in [1.82, 2.24) is 4.33 Å². The van der Waals surface area contributed by atoms with Crippen molar-refractivity contribution >= 4 is 50.8 Å². The Balaban J connectivity index is -0.000000320. The third kappa shape index (κ3) is 9.25. The molecule has 70 valence electrons. The Bertz CT molecular complexity index is 108. The molecule has 11 heavy (non-hydrogen) atoms. The van der Waals surface area contributed by atoms with Crippen molar-refractivity contribution < 1.29 is 27.0 Å². The molecule has 2 N–H and O–H groups in total. The number of carboxylic acid groups (broad SMARTS) is 1. The summed E-state index contributed by atoms with van der Waals surface area (Å²) < 4.78 is 2.82. The molecule has 0 aromatic carbocycles. The van der Waals surface area contributed by atoms with Crippen LogP contribution in [-0.4, -0.2) is 55.1 Å². The summed E-state index contributed by atoms with van der Waals surface area (Å²) in [6, 6.07) is -0.474. The van der Waals surface area contributed by atoms with Crippen LogP contribution < -0.4 is 4.33 Å². The SMILES string of the molecule is C[Se]NC(CS)C(=O)O.[Fe].[SeH2]. The molecular weight excluding hydrogens is 340 g/mol. The van der Waals surface area contributed by atoms with E-state index in [0.29, 0.717) is 5.75 Å². The van der Waals surface area contributed by atoms with Gasteiger partial charge < -0.3 is 0 Å².